The molecule has 0 aliphatic carbocycles. The predicted octanol–water partition coefficient (Wildman–Crippen LogP) is 5.40. The first kappa shape index (κ1) is 15.5. The molecule has 0 bridgehead atoms. The second-order valence-electron chi connectivity index (χ2n) is 4.45. The summed E-state index contributed by atoms with van der Waals surface area (Å²) in [5, 5.41) is 8.01. The maximum absolute atomic E-state index is 3.61. The lowest BCUT2D eigenvalue weighted by molar-refractivity contribution is 0.513. The molecular formula is C15H17BrINS. The van der Waals surface area contributed by atoms with E-state index in [2.05, 4.69) is 85.8 Å². The van der Waals surface area contributed by atoms with Crippen molar-refractivity contribution < 1.29 is 0 Å². The van der Waals surface area contributed by atoms with Crippen LogP contribution in [0.25, 0.3) is 0 Å². The fourth-order valence-corrected chi connectivity index (χ4v) is 3.93. The Bertz CT molecular complexity index is 513. The highest BCUT2D eigenvalue weighted by atomic mass is 127. The van der Waals surface area contributed by atoms with Gasteiger partial charge >= 0.3 is 0 Å². The van der Waals surface area contributed by atoms with Crippen LogP contribution in [-0.2, 0) is 6.42 Å². The van der Waals surface area contributed by atoms with E-state index >= 15 is 0 Å². The SMILES string of the molecule is CCNC(CCc1ccsc1)c1cc(Br)ccc1I. The van der Waals surface area contributed by atoms with Gasteiger partial charge in [0.2, 0.25) is 0 Å². The fourth-order valence-electron chi connectivity index (χ4n) is 2.14. The minimum absolute atomic E-state index is 0.425. The minimum Gasteiger partial charge on any atom is -0.310 e. The summed E-state index contributed by atoms with van der Waals surface area (Å²) in [4.78, 5) is 0. The summed E-state index contributed by atoms with van der Waals surface area (Å²) >= 11 is 7.78. The molecule has 0 aliphatic rings. The van der Waals surface area contributed by atoms with Gasteiger partial charge in [-0.05, 0) is 88.1 Å². The molecule has 1 unspecified atom stereocenters. The summed E-state index contributed by atoms with van der Waals surface area (Å²) in [6.07, 6.45) is 2.26. The van der Waals surface area contributed by atoms with Gasteiger partial charge in [0.1, 0.15) is 0 Å². The van der Waals surface area contributed by atoms with Crippen LogP contribution in [0.3, 0.4) is 0 Å². The molecule has 1 N–H and O–H groups in total. The van der Waals surface area contributed by atoms with E-state index in [9.17, 15) is 0 Å². The van der Waals surface area contributed by atoms with Crippen LogP contribution < -0.4 is 5.32 Å². The molecule has 0 saturated carbocycles. The van der Waals surface area contributed by atoms with Gasteiger partial charge in [0.05, 0.1) is 0 Å². The monoisotopic (exact) mass is 449 g/mol. The van der Waals surface area contributed by atoms with Crippen molar-refractivity contribution in [3.05, 3.63) is 54.2 Å². The first-order valence-electron chi connectivity index (χ1n) is 6.40. The quantitative estimate of drug-likeness (QED) is 0.582. The van der Waals surface area contributed by atoms with Crippen LogP contribution in [-0.4, -0.2) is 6.54 Å². The largest absolute Gasteiger partial charge is 0.310 e. The molecule has 1 atom stereocenters. The van der Waals surface area contributed by atoms with Crippen LogP contribution >= 0.6 is 49.9 Å². The average molecular weight is 450 g/mol. The van der Waals surface area contributed by atoms with Crippen LogP contribution in [0.4, 0.5) is 0 Å². The smallest absolute Gasteiger partial charge is 0.0334 e. The summed E-state index contributed by atoms with van der Waals surface area (Å²) in [5.74, 6) is 0. The molecule has 2 rings (SSSR count). The molecular weight excluding hydrogens is 433 g/mol. The summed E-state index contributed by atoms with van der Waals surface area (Å²) < 4.78 is 2.48. The van der Waals surface area contributed by atoms with E-state index in [1.54, 1.807) is 11.3 Å². The van der Waals surface area contributed by atoms with Crippen molar-refractivity contribution in [3.8, 4) is 0 Å². The van der Waals surface area contributed by atoms with Crippen molar-refractivity contribution in [3.63, 3.8) is 0 Å². The third-order valence-electron chi connectivity index (χ3n) is 3.09. The lowest BCUT2D eigenvalue weighted by Gasteiger charge is -2.20. The molecule has 0 spiro atoms. The Morgan fingerprint density at radius 2 is 2.21 bits per heavy atom. The Hall–Kier alpha value is 0.0900. The molecule has 102 valence electrons. The molecule has 1 aromatic carbocycles. The number of aryl methyl sites for hydroxylation is 1. The molecule has 1 nitrogen and oxygen atoms in total. The maximum atomic E-state index is 3.61. The maximum Gasteiger partial charge on any atom is 0.0334 e. The van der Waals surface area contributed by atoms with E-state index in [1.165, 1.54) is 14.7 Å². The van der Waals surface area contributed by atoms with E-state index in [1.807, 2.05) is 0 Å². The van der Waals surface area contributed by atoms with Crippen LogP contribution in [0.15, 0.2) is 39.5 Å². The lowest BCUT2D eigenvalue weighted by Crippen LogP contribution is -2.22. The average Bonchev–Trinajstić information content (AvgIpc) is 2.91. The van der Waals surface area contributed by atoms with Crippen molar-refractivity contribution in [1.82, 2.24) is 5.32 Å². The number of hydrogen-bond donors (Lipinski definition) is 1. The zero-order valence-corrected chi connectivity index (χ0v) is 15.4. The third-order valence-corrected chi connectivity index (χ3v) is 5.29. The Morgan fingerprint density at radius 3 is 2.89 bits per heavy atom. The Morgan fingerprint density at radius 1 is 1.37 bits per heavy atom. The normalized spacial score (nSPS) is 12.6. The second kappa shape index (κ2) is 7.76. The first-order chi connectivity index (χ1) is 9.20. The summed E-state index contributed by atoms with van der Waals surface area (Å²) in [7, 11) is 0. The first-order valence-corrected chi connectivity index (χ1v) is 9.21. The Kier molecular flexibility index (Phi) is 6.32. The molecule has 4 heteroatoms. The van der Waals surface area contributed by atoms with Gasteiger partial charge in [0.15, 0.2) is 0 Å². The molecule has 1 heterocycles. The van der Waals surface area contributed by atoms with Gasteiger partial charge in [-0.1, -0.05) is 22.9 Å². The number of thiophene rings is 1. The number of benzene rings is 1. The van der Waals surface area contributed by atoms with Crippen molar-refractivity contribution in [2.75, 3.05) is 6.54 Å². The van der Waals surface area contributed by atoms with Crippen molar-refractivity contribution in [2.24, 2.45) is 0 Å². The zero-order chi connectivity index (χ0) is 13.7. The molecule has 0 amide bonds. The molecule has 0 fully saturated rings. The number of nitrogens with one attached hydrogen (secondary N) is 1. The third kappa shape index (κ3) is 4.55. The second-order valence-corrected chi connectivity index (χ2v) is 7.30. The number of halogens is 2. The Labute approximate surface area is 141 Å². The fraction of sp³-hybridized carbons (Fsp3) is 0.333. The molecule has 19 heavy (non-hydrogen) atoms. The van der Waals surface area contributed by atoms with Gasteiger partial charge in [-0.25, -0.2) is 0 Å². The Balaban J connectivity index is 2.12. The van der Waals surface area contributed by atoms with E-state index in [-0.39, 0.29) is 0 Å². The van der Waals surface area contributed by atoms with E-state index < -0.39 is 0 Å². The molecule has 0 aliphatic heterocycles. The summed E-state index contributed by atoms with van der Waals surface area (Å²) in [5.41, 5.74) is 2.84. The highest BCUT2D eigenvalue weighted by molar-refractivity contribution is 14.1. The van der Waals surface area contributed by atoms with Crippen LogP contribution in [0, 0.1) is 3.57 Å². The topological polar surface area (TPSA) is 12.0 Å². The standard InChI is InChI=1S/C15H17BrINS/c1-2-18-15(6-3-11-7-8-19-10-11)13-9-12(16)4-5-14(13)17/h4-5,7-10,15,18H,2-3,6H2,1H3. The molecule has 0 radical (unpaired) electrons. The molecule has 2 aromatic rings. The van der Waals surface area contributed by atoms with E-state index in [0.717, 1.165) is 23.9 Å². The van der Waals surface area contributed by atoms with Crippen molar-refractivity contribution in [1.29, 1.82) is 0 Å². The van der Waals surface area contributed by atoms with Crippen molar-refractivity contribution >= 4 is 49.9 Å². The zero-order valence-electron chi connectivity index (χ0n) is 10.8. The van der Waals surface area contributed by atoms with Crippen LogP contribution in [0.5, 0.6) is 0 Å². The van der Waals surface area contributed by atoms with Gasteiger partial charge < -0.3 is 5.32 Å². The van der Waals surface area contributed by atoms with Gasteiger partial charge in [-0.15, -0.1) is 0 Å². The van der Waals surface area contributed by atoms with E-state index in [0.29, 0.717) is 6.04 Å². The highest BCUT2D eigenvalue weighted by Gasteiger charge is 2.14. The number of hydrogen-bond acceptors (Lipinski definition) is 2. The van der Waals surface area contributed by atoms with Gasteiger partial charge in [0, 0.05) is 14.1 Å². The minimum atomic E-state index is 0.425. The van der Waals surface area contributed by atoms with Gasteiger partial charge in [0.25, 0.3) is 0 Å². The van der Waals surface area contributed by atoms with Gasteiger partial charge in [-0.3, -0.25) is 0 Å². The highest BCUT2D eigenvalue weighted by Crippen LogP contribution is 2.27. The van der Waals surface area contributed by atoms with Gasteiger partial charge in [-0.2, -0.15) is 11.3 Å². The van der Waals surface area contributed by atoms with E-state index in [4.69, 9.17) is 0 Å². The predicted molar refractivity (Wildman–Crippen MR) is 95.9 cm³/mol. The van der Waals surface area contributed by atoms with Crippen LogP contribution in [0.2, 0.25) is 0 Å². The summed E-state index contributed by atoms with van der Waals surface area (Å²) in [6.45, 7) is 3.17. The molecule has 0 saturated heterocycles. The lowest BCUT2D eigenvalue weighted by atomic mass is 10.00. The summed E-state index contributed by atoms with van der Waals surface area (Å²) in [6, 6.07) is 9.17. The van der Waals surface area contributed by atoms with Crippen molar-refractivity contribution in [2.45, 2.75) is 25.8 Å². The molecule has 1 aromatic heterocycles. The number of rotatable bonds is 6. The van der Waals surface area contributed by atoms with Crippen LogP contribution in [0.1, 0.15) is 30.5 Å².